The summed E-state index contributed by atoms with van der Waals surface area (Å²) in [6.45, 7) is 0.602. The van der Waals surface area contributed by atoms with Gasteiger partial charge >= 0.3 is 0 Å². The highest BCUT2D eigenvalue weighted by molar-refractivity contribution is 14.0. The van der Waals surface area contributed by atoms with Gasteiger partial charge in [0.2, 0.25) is 0 Å². The lowest BCUT2D eigenvalue weighted by Crippen LogP contribution is -2.34. The number of nitrogens with two attached hydrogens (primary N) is 1. The molecule has 1 aromatic heterocycles. The maximum Gasteiger partial charge on any atom is 0.189 e. The molecule has 2 rings (SSSR count). The molecule has 0 fully saturated rings. The van der Waals surface area contributed by atoms with E-state index >= 15 is 0 Å². The van der Waals surface area contributed by atoms with Crippen LogP contribution in [0.1, 0.15) is 17.4 Å². The Morgan fingerprint density at radius 3 is 2.67 bits per heavy atom. The van der Waals surface area contributed by atoms with E-state index in [0.29, 0.717) is 23.8 Å². The fraction of sp³-hybridized carbons (Fsp3) is 0.312. The molecule has 0 aliphatic rings. The van der Waals surface area contributed by atoms with Gasteiger partial charge in [0.15, 0.2) is 17.5 Å². The van der Waals surface area contributed by atoms with Crippen LogP contribution in [0.3, 0.4) is 0 Å². The van der Waals surface area contributed by atoms with Gasteiger partial charge in [0, 0.05) is 0 Å². The number of aliphatic hydroxyl groups excluding tert-OH is 1. The third-order valence-corrected chi connectivity index (χ3v) is 3.23. The Labute approximate surface area is 157 Å². The van der Waals surface area contributed by atoms with E-state index in [1.165, 1.54) is 6.26 Å². The molecule has 0 aliphatic carbocycles. The normalized spacial score (nSPS) is 12.2. The molecule has 1 unspecified atom stereocenters. The van der Waals surface area contributed by atoms with Crippen molar-refractivity contribution in [2.75, 3.05) is 20.8 Å². The molecular weight excluding hydrogens is 425 g/mol. The molecule has 2 aromatic rings. The summed E-state index contributed by atoms with van der Waals surface area (Å²) in [4.78, 5) is 4.22. The number of hydrogen-bond acceptors (Lipinski definition) is 5. The summed E-state index contributed by atoms with van der Waals surface area (Å²) < 4.78 is 15.5. The van der Waals surface area contributed by atoms with Crippen LogP contribution in [0, 0.1) is 0 Å². The Balaban J connectivity index is 0.00000288. The average Bonchev–Trinajstić information content (AvgIpc) is 3.12. The molecule has 4 N–H and O–H groups in total. The van der Waals surface area contributed by atoms with Crippen LogP contribution in [0.5, 0.6) is 11.5 Å². The minimum atomic E-state index is -0.778. The Kier molecular flexibility index (Phi) is 8.41. The third kappa shape index (κ3) is 5.60. The van der Waals surface area contributed by atoms with Gasteiger partial charge in [0.1, 0.15) is 11.9 Å². The molecule has 0 spiro atoms. The molecule has 132 valence electrons. The molecule has 0 saturated carbocycles. The number of guanidine groups is 1. The van der Waals surface area contributed by atoms with Gasteiger partial charge in [0.25, 0.3) is 0 Å². The van der Waals surface area contributed by atoms with Gasteiger partial charge in [-0.3, -0.25) is 0 Å². The summed E-state index contributed by atoms with van der Waals surface area (Å²) in [7, 11) is 3.17. The number of furan rings is 1. The lowest BCUT2D eigenvalue weighted by Gasteiger charge is -2.11. The SMILES string of the molecule is COc1ccc(CN=C(N)NCC(O)c2ccco2)cc1OC.I. The smallest absolute Gasteiger partial charge is 0.189 e. The number of rotatable bonds is 7. The number of ether oxygens (including phenoxy) is 2. The van der Waals surface area contributed by atoms with Crippen LogP contribution in [0.4, 0.5) is 0 Å². The van der Waals surface area contributed by atoms with E-state index < -0.39 is 6.10 Å². The fourth-order valence-electron chi connectivity index (χ4n) is 1.99. The van der Waals surface area contributed by atoms with E-state index in [9.17, 15) is 5.11 Å². The van der Waals surface area contributed by atoms with Gasteiger partial charge < -0.3 is 30.0 Å². The minimum Gasteiger partial charge on any atom is -0.493 e. The molecule has 1 heterocycles. The largest absolute Gasteiger partial charge is 0.493 e. The molecule has 1 aromatic carbocycles. The van der Waals surface area contributed by atoms with E-state index in [0.717, 1.165) is 5.56 Å². The molecule has 0 bridgehead atoms. The number of halogens is 1. The molecular formula is C16H22IN3O4. The van der Waals surface area contributed by atoms with E-state index in [1.807, 2.05) is 18.2 Å². The molecule has 0 aliphatic heterocycles. The van der Waals surface area contributed by atoms with Crippen LogP contribution in [0.25, 0.3) is 0 Å². The first kappa shape index (κ1) is 20.1. The summed E-state index contributed by atoms with van der Waals surface area (Å²) in [5.41, 5.74) is 6.72. The predicted molar refractivity (Wildman–Crippen MR) is 102 cm³/mol. The van der Waals surface area contributed by atoms with Gasteiger partial charge in [-0.15, -0.1) is 24.0 Å². The second-order valence-electron chi connectivity index (χ2n) is 4.80. The van der Waals surface area contributed by atoms with Gasteiger partial charge in [0.05, 0.1) is 33.6 Å². The third-order valence-electron chi connectivity index (χ3n) is 3.23. The van der Waals surface area contributed by atoms with Crippen molar-refractivity contribution in [2.45, 2.75) is 12.6 Å². The quantitative estimate of drug-likeness (QED) is 0.341. The molecule has 0 amide bonds. The number of nitrogens with zero attached hydrogens (tertiary/aromatic N) is 1. The summed E-state index contributed by atoms with van der Waals surface area (Å²) in [5, 5.41) is 12.7. The Morgan fingerprint density at radius 2 is 2.04 bits per heavy atom. The second-order valence-corrected chi connectivity index (χ2v) is 4.80. The van der Waals surface area contributed by atoms with Crippen molar-refractivity contribution in [3.63, 3.8) is 0 Å². The topological polar surface area (TPSA) is 102 Å². The summed E-state index contributed by atoms with van der Waals surface area (Å²) >= 11 is 0. The monoisotopic (exact) mass is 447 g/mol. The van der Waals surface area contributed by atoms with Crippen LogP contribution in [-0.2, 0) is 6.54 Å². The van der Waals surface area contributed by atoms with Crippen LogP contribution in [0.2, 0.25) is 0 Å². The molecule has 7 nitrogen and oxygen atoms in total. The van der Waals surface area contributed by atoms with Crippen LogP contribution >= 0.6 is 24.0 Å². The van der Waals surface area contributed by atoms with Crippen LogP contribution in [0.15, 0.2) is 46.0 Å². The zero-order chi connectivity index (χ0) is 16.7. The Morgan fingerprint density at radius 1 is 1.29 bits per heavy atom. The van der Waals surface area contributed by atoms with Gasteiger partial charge in [-0.1, -0.05) is 6.07 Å². The van der Waals surface area contributed by atoms with Crippen molar-refractivity contribution in [3.8, 4) is 11.5 Å². The van der Waals surface area contributed by atoms with Crippen molar-refractivity contribution in [2.24, 2.45) is 10.7 Å². The molecule has 1 atom stereocenters. The summed E-state index contributed by atoms with van der Waals surface area (Å²) in [6.07, 6.45) is 0.729. The highest BCUT2D eigenvalue weighted by Gasteiger charge is 2.10. The number of benzene rings is 1. The van der Waals surface area contributed by atoms with Gasteiger partial charge in [-0.25, -0.2) is 4.99 Å². The molecule has 0 saturated heterocycles. The van der Waals surface area contributed by atoms with Crippen molar-refractivity contribution < 1.29 is 19.0 Å². The number of aliphatic imine (C=N–C) groups is 1. The lowest BCUT2D eigenvalue weighted by molar-refractivity contribution is 0.153. The second kappa shape index (κ2) is 10.0. The Hall–Kier alpha value is -1.94. The maximum atomic E-state index is 9.87. The molecule has 24 heavy (non-hydrogen) atoms. The maximum absolute atomic E-state index is 9.87. The molecule has 8 heteroatoms. The van der Waals surface area contributed by atoms with Crippen molar-refractivity contribution >= 4 is 29.9 Å². The fourth-order valence-corrected chi connectivity index (χ4v) is 1.99. The van der Waals surface area contributed by atoms with Gasteiger partial charge in [-0.2, -0.15) is 0 Å². The van der Waals surface area contributed by atoms with E-state index in [2.05, 4.69) is 10.3 Å². The zero-order valence-electron chi connectivity index (χ0n) is 13.6. The number of nitrogens with one attached hydrogen (secondary N) is 1. The van der Waals surface area contributed by atoms with Crippen LogP contribution < -0.4 is 20.5 Å². The first-order chi connectivity index (χ1) is 11.1. The first-order valence-corrected chi connectivity index (χ1v) is 7.10. The van der Waals surface area contributed by atoms with Crippen molar-refractivity contribution in [3.05, 3.63) is 47.9 Å². The standard InChI is InChI=1S/C16H21N3O4.HI/c1-21-14-6-5-11(8-15(14)22-2)9-18-16(17)19-10-12(20)13-4-3-7-23-13;/h3-8,12,20H,9-10H2,1-2H3,(H3,17,18,19);1H. The minimum absolute atomic E-state index is 0. The predicted octanol–water partition coefficient (Wildman–Crippen LogP) is 2.05. The highest BCUT2D eigenvalue weighted by Crippen LogP contribution is 2.27. The van der Waals surface area contributed by atoms with E-state index in [-0.39, 0.29) is 36.5 Å². The lowest BCUT2D eigenvalue weighted by atomic mass is 10.2. The summed E-state index contributed by atoms with van der Waals surface area (Å²) in [5.74, 6) is 2.02. The molecule has 0 radical (unpaired) electrons. The first-order valence-electron chi connectivity index (χ1n) is 7.10. The summed E-state index contributed by atoms with van der Waals surface area (Å²) in [6, 6.07) is 8.95. The average molecular weight is 447 g/mol. The van der Waals surface area contributed by atoms with Gasteiger partial charge in [-0.05, 0) is 29.8 Å². The van der Waals surface area contributed by atoms with E-state index in [1.54, 1.807) is 26.4 Å². The number of hydrogen-bond donors (Lipinski definition) is 3. The number of aliphatic hydroxyl groups is 1. The zero-order valence-corrected chi connectivity index (χ0v) is 15.9. The highest BCUT2D eigenvalue weighted by atomic mass is 127. The van der Waals surface area contributed by atoms with Crippen molar-refractivity contribution in [1.29, 1.82) is 0 Å². The Bertz CT molecular complexity index is 647. The van der Waals surface area contributed by atoms with E-state index in [4.69, 9.17) is 19.6 Å². The van der Waals surface area contributed by atoms with Crippen molar-refractivity contribution in [1.82, 2.24) is 5.32 Å². The van der Waals surface area contributed by atoms with Crippen LogP contribution in [-0.4, -0.2) is 31.8 Å². The number of methoxy groups -OCH3 is 2.